The molecule has 2 unspecified atom stereocenters. The molecule has 2 aliphatic rings. The van der Waals surface area contributed by atoms with Crippen LogP contribution in [0.25, 0.3) is 0 Å². The second-order valence-corrected chi connectivity index (χ2v) is 6.13. The lowest BCUT2D eigenvalue weighted by Crippen LogP contribution is -2.27. The Morgan fingerprint density at radius 2 is 1.81 bits per heavy atom. The minimum atomic E-state index is 0.575. The smallest absolute Gasteiger partial charge is 0.128 e. The molecule has 4 nitrogen and oxygen atoms in total. The van der Waals surface area contributed by atoms with Crippen LogP contribution in [-0.4, -0.2) is 29.0 Å². The van der Waals surface area contributed by atoms with Crippen molar-refractivity contribution in [2.45, 2.75) is 12.6 Å². The molecule has 4 rings (SSSR count). The zero-order valence-corrected chi connectivity index (χ0v) is 11.9. The van der Waals surface area contributed by atoms with Crippen LogP contribution in [0.15, 0.2) is 48.5 Å². The predicted molar refractivity (Wildman–Crippen MR) is 84.8 cm³/mol. The summed E-state index contributed by atoms with van der Waals surface area (Å²) in [7, 11) is 0. The monoisotopic (exact) mass is 280 g/mol. The molecule has 2 heterocycles. The average molecular weight is 280 g/mol. The number of nitrogens with zero attached hydrogens (tertiary/aromatic N) is 2. The fraction of sp³-hybridized carbons (Fsp3) is 0.353. The number of benzene rings is 1. The maximum absolute atomic E-state index is 5.72. The van der Waals surface area contributed by atoms with E-state index in [0.717, 1.165) is 24.2 Å². The summed E-state index contributed by atoms with van der Waals surface area (Å²) in [6.45, 7) is 3.43. The number of nitrogens with one attached hydrogen (secondary N) is 1. The van der Waals surface area contributed by atoms with Crippen molar-refractivity contribution < 1.29 is 0 Å². The van der Waals surface area contributed by atoms with Crippen molar-refractivity contribution in [3.05, 3.63) is 54.1 Å². The van der Waals surface area contributed by atoms with Gasteiger partial charge in [-0.05, 0) is 29.5 Å². The van der Waals surface area contributed by atoms with E-state index < -0.39 is 0 Å². The van der Waals surface area contributed by atoms with E-state index in [1.807, 2.05) is 18.2 Å². The van der Waals surface area contributed by atoms with E-state index in [1.165, 1.54) is 18.7 Å². The summed E-state index contributed by atoms with van der Waals surface area (Å²) in [5, 5.41) is 3.53. The second-order valence-electron chi connectivity index (χ2n) is 6.13. The van der Waals surface area contributed by atoms with Crippen LogP contribution in [0.5, 0.6) is 0 Å². The maximum atomic E-state index is 5.72. The first-order chi connectivity index (χ1) is 10.3. The van der Waals surface area contributed by atoms with Crippen LogP contribution < -0.4 is 11.1 Å². The lowest BCUT2D eigenvalue weighted by atomic mass is 10.2. The highest BCUT2D eigenvalue weighted by Gasteiger charge is 2.55. The van der Waals surface area contributed by atoms with Crippen LogP contribution >= 0.6 is 0 Å². The normalized spacial score (nSPS) is 27.3. The highest BCUT2D eigenvalue weighted by Crippen LogP contribution is 2.47. The van der Waals surface area contributed by atoms with Gasteiger partial charge in [0.15, 0.2) is 0 Å². The van der Waals surface area contributed by atoms with Crippen molar-refractivity contribution in [2.24, 2.45) is 11.8 Å². The Hall–Kier alpha value is -2.07. The Labute approximate surface area is 125 Å². The first-order valence-corrected chi connectivity index (χ1v) is 7.55. The third kappa shape index (κ3) is 2.59. The van der Waals surface area contributed by atoms with Crippen molar-refractivity contribution >= 4 is 11.6 Å². The standard InChI is InChI=1S/C17H20N4/c18-15-7-4-8-16(19-15)20-17-13-10-21(11-14(13)17)9-12-5-2-1-3-6-12/h1-8,13-14,17H,9-11H2,(H3,18,19,20). The molecule has 2 atom stereocenters. The van der Waals surface area contributed by atoms with Crippen molar-refractivity contribution in [3.8, 4) is 0 Å². The zero-order chi connectivity index (χ0) is 14.2. The number of anilines is 2. The van der Waals surface area contributed by atoms with Gasteiger partial charge in [0.1, 0.15) is 11.6 Å². The van der Waals surface area contributed by atoms with E-state index in [4.69, 9.17) is 5.73 Å². The highest BCUT2D eigenvalue weighted by molar-refractivity contribution is 5.45. The summed E-state index contributed by atoms with van der Waals surface area (Å²) in [4.78, 5) is 6.87. The van der Waals surface area contributed by atoms with Gasteiger partial charge >= 0.3 is 0 Å². The van der Waals surface area contributed by atoms with Crippen LogP contribution in [0.3, 0.4) is 0 Å². The lowest BCUT2D eigenvalue weighted by molar-refractivity contribution is 0.292. The molecule has 1 aliphatic carbocycles. The van der Waals surface area contributed by atoms with Gasteiger partial charge in [0.2, 0.25) is 0 Å². The van der Waals surface area contributed by atoms with Gasteiger partial charge in [-0.3, -0.25) is 4.90 Å². The van der Waals surface area contributed by atoms with Gasteiger partial charge in [0.25, 0.3) is 0 Å². The quantitative estimate of drug-likeness (QED) is 0.901. The van der Waals surface area contributed by atoms with E-state index in [2.05, 4.69) is 45.5 Å². The summed E-state index contributed by atoms with van der Waals surface area (Å²) in [5.74, 6) is 3.01. The molecule has 1 saturated heterocycles. The molecule has 21 heavy (non-hydrogen) atoms. The van der Waals surface area contributed by atoms with Crippen molar-refractivity contribution in [1.29, 1.82) is 0 Å². The highest BCUT2D eigenvalue weighted by atomic mass is 15.2. The number of rotatable bonds is 4. The molecule has 3 N–H and O–H groups in total. The van der Waals surface area contributed by atoms with Gasteiger partial charge in [-0.25, -0.2) is 4.98 Å². The summed E-state index contributed by atoms with van der Waals surface area (Å²) in [5.41, 5.74) is 7.12. The van der Waals surface area contributed by atoms with E-state index in [0.29, 0.717) is 11.9 Å². The molecule has 0 bridgehead atoms. The van der Waals surface area contributed by atoms with Crippen LogP contribution in [-0.2, 0) is 6.54 Å². The van der Waals surface area contributed by atoms with E-state index in [-0.39, 0.29) is 0 Å². The van der Waals surface area contributed by atoms with Crippen molar-refractivity contribution in [1.82, 2.24) is 9.88 Å². The summed E-state index contributed by atoms with van der Waals surface area (Å²) < 4.78 is 0. The van der Waals surface area contributed by atoms with E-state index >= 15 is 0 Å². The lowest BCUT2D eigenvalue weighted by Gasteiger charge is -2.20. The minimum Gasteiger partial charge on any atom is -0.384 e. The fourth-order valence-corrected chi connectivity index (χ4v) is 3.50. The number of hydrogen-bond acceptors (Lipinski definition) is 4. The SMILES string of the molecule is Nc1cccc(NC2C3CN(Cc4ccccc4)CC32)n1. The van der Waals surface area contributed by atoms with Gasteiger partial charge in [0, 0.05) is 25.7 Å². The molecule has 1 saturated carbocycles. The van der Waals surface area contributed by atoms with Gasteiger partial charge in [0.05, 0.1) is 0 Å². The Bertz CT molecular complexity index is 616. The minimum absolute atomic E-state index is 0.575. The molecule has 1 aromatic heterocycles. The Morgan fingerprint density at radius 3 is 2.52 bits per heavy atom. The zero-order valence-electron chi connectivity index (χ0n) is 11.9. The third-order valence-electron chi connectivity index (χ3n) is 4.60. The van der Waals surface area contributed by atoms with Crippen LogP contribution in [0, 0.1) is 11.8 Å². The molecule has 0 radical (unpaired) electrons. The van der Waals surface area contributed by atoms with E-state index in [1.54, 1.807) is 0 Å². The number of piperidine rings is 1. The molecule has 2 aromatic rings. The number of nitrogens with two attached hydrogens (primary N) is 1. The van der Waals surface area contributed by atoms with Crippen molar-refractivity contribution in [3.63, 3.8) is 0 Å². The Morgan fingerprint density at radius 1 is 1.05 bits per heavy atom. The Balaban J connectivity index is 1.31. The summed E-state index contributed by atoms with van der Waals surface area (Å²) >= 11 is 0. The van der Waals surface area contributed by atoms with Crippen LogP contribution in [0.4, 0.5) is 11.6 Å². The third-order valence-corrected chi connectivity index (χ3v) is 4.60. The molecule has 0 amide bonds. The molecular formula is C17H20N4. The van der Waals surface area contributed by atoms with Gasteiger partial charge in [-0.2, -0.15) is 0 Å². The number of aromatic nitrogens is 1. The Kier molecular flexibility index (Phi) is 3.04. The topological polar surface area (TPSA) is 54.2 Å². The van der Waals surface area contributed by atoms with Gasteiger partial charge in [-0.1, -0.05) is 36.4 Å². The second kappa shape index (κ2) is 5.04. The number of likely N-dealkylation sites (tertiary alicyclic amines) is 1. The van der Waals surface area contributed by atoms with Gasteiger partial charge in [-0.15, -0.1) is 0 Å². The number of fused-ring (bicyclic) bond motifs is 1. The maximum Gasteiger partial charge on any atom is 0.128 e. The summed E-state index contributed by atoms with van der Waals surface area (Å²) in [6, 6.07) is 17.0. The molecule has 2 fully saturated rings. The molecule has 4 heteroatoms. The van der Waals surface area contributed by atoms with Crippen molar-refractivity contribution in [2.75, 3.05) is 24.1 Å². The summed E-state index contributed by atoms with van der Waals surface area (Å²) in [6.07, 6.45) is 0. The average Bonchev–Trinajstić information content (AvgIpc) is 2.94. The fourth-order valence-electron chi connectivity index (χ4n) is 3.50. The molecule has 1 aliphatic heterocycles. The van der Waals surface area contributed by atoms with Crippen LogP contribution in [0.2, 0.25) is 0 Å². The number of pyridine rings is 1. The number of hydrogen-bond donors (Lipinski definition) is 2. The predicted octanol–water partition coefficient (Wildman–Crippen LogP) is 2.21. The first-order valence-electron chi connectivity index (χ1n) is 7.55. The van der Waals surface area contributed by atoms with Crippen LogP contribution in [0.1, 0.15) is 5.56 Å². The molecule has 108 valence electrons. The number of nitrogen functional groups attached to an aromatic ring is 1. The molecule has 0 spiro atoms. The van der Waals surface area contributed by atoms with Gasteiger partial charge < -0.3 is 11.1 Å². The largest absolute Gasteiger partial charge is 0.384 e. The molecular weight excluding hydrogens is 260 g/mol. The molecule has 1 aromatic carbocycles. The first kappa shape index (κ1) is 12.7. The van der Waals surface area contributed by atoms with E-state index in [9.17, 15) is 0 Å².